The zero-order chi connectivity index (χ0) is 13.9. The number of hydrogen-bond donors (Lipinski definition) is 2. The zero-order valence-electron chi connectivity index (χ0n) is 9.28. The maximum absolute atomic E-state index is 12.1. The number of phenolic OH excluding ortho intramolecular Hbond substituents is 1. The van der Waals surface area contributed by atoms with E-state index in [1.165, 1.54) is 13.2 Å². The number of methoxy groups -OCH3 is 1. The summed E-state index contributed by atoms with van der Waals surface area (Å²) in [4.78, 5) is 11.5. The van der Waals surface area contributed by atoms with Crippen LogP contribution in [-0.4, -0.2) is 24.2 Å². The normalized spacial score (nSPS) is 12.3. The van der Waals surface area contributed by atoms with Crippen molar-refractivity contribution in [1.82, 2.24) is 0 Å². The van der Waals surface area contributed by atoms with E-state index in [0.29, 0.717) is 0 Å². The number of nitrogens with two attached hydrogens (primary N) is 1. The first kappa shape index (κ1) is 13.9. The average Bonchev–Trinajstić information content (AvgIpc) is 2.28. The minimum absolute atomic E-state index is 0.217. The lowest BCUT2D eigenvalue weighted by Gasteiger charge is -2.07. The summed E-state index contributed by atoms with van der Waals surface area (Å²) in [6.45, 7) is 0. The Labute approximate surface area is 100 Å². The molecule has 0 aliphatic heterocycles. The fourth-order valence-corrected chi connectivity index (χ4v) is 1.14. The zero-order valence-corrected chi connectivity index (χ0v) is 9.28. The number of ketones is 1. The van der Waals surface area contributed by atoms with Crippen LogP contribution in [0.4, 0.5) is 13.2 Å². The lowest BCUT2D eigenvalue weighted by molar-refractivity contribution is -0.0927. The molecule has 0 atom stereocenters. The van der Waals surface area contributed by atoms with Crippen LogP contribution in [0.5, 0.6) is 11.5 Å². The lowest BCUT2D eigenvalue weighted by Crippen LogP contribution is -2.20. The number of aromatic hydroxyl groups is 1. The van der Waals surface area contributed by atoms with Crippen LogP contribution in [0.25, 0.3) is 0 Å². The molecule has 0 radical (unpaired) electrons. The number of carbonyl (C=O) groups excluding carboxylic acids is 1. The average molecular weight is 261 g/mol. The van der Waals surface area contributed by atoms with Crippen LogP contribution in [0.15, 0.2) is 30.0 Å². The number of rotatable bonds is 3. The van der Waals surface area contributed by atoms with Crippen molar-refractivity contribution in [2.75, 3.05) is 7.11 Å². The van der Waals surface area contributed by atoms with Crippen LogP contribution >= 0.6 is 0 Å². The quantitative estimate of drug-likeness (QED) is 0.644. The number of benzene rings is 1. The smallest absolute Gasteiger partial charge is 0.430 e. The third kappa shape index (κ3) is 3.16. The third-order valence-electron chi connectivity index (χ3n) is 2.08. The molecule has 98 valence electrons. The second-order valence-electron chi connectivity index (χ2n) is 3.34. The highest BCUT2D eigenvalue weighted by molar-refractivity contribution is 6.07. The molecule has 0 unspecified atom stereocenters. The van der Waals surface area contributed by atoms with Crippen molar-refractivity contribution < 1.29 is 27.8 Å². The summed E-state index contributed by atoms with van der Waals surface area (Å²) in [6, 6.07) is 3.63. The Morgan fingerprint density at radius 2 is 2.06 bits per heavy atom. The van der Waals surface area contributed by atoms with Crippen molar-refractivity contribution in [2.45, 2.75) is 6.18 Å². The number of allylic oxidation sites excluding steroid dienone is 2. The molecular weight excluding hydrogens is 251 g/mol. The van der Waals surface area contributed by atoms with Crippen LogP contribution in [-0.2, 0) is 0 Å². The Balaban J connectivity index is 3.12. The largest absolute Gasteiger partial charge is 0.507 e. The third-order valence-corrected chi connectivity index (χ3v) is 2.08. The SMILES string of the molecule is COc1ccc(O)c(C(=O)/C=C(\N)C(F)(F)F)c1. The molecule has 1 aromatic carbocycles. The number of hydrogen-bond acceptors (Lipinski definition) is 4. The summed E-state index contributed by atoms with van der Waals surface area (Å²) in [6.07, 6.45) is -4.57. The van der Waals surface area contributed by atoms with Crippen LogP contribution in [0.2, 0.25) is 0 Å². The van der Waals surface area contributed by atoms with E-state index in [2.05, 4.69) is 0 Å². The second kappa shape index (κ2) is 4.99. The molecule has 1 aromatic rings. The van der Waals surface area contributed by atoms with Gasteiger partial charge < -0.3 is 15.6 Å². The molecule has 7 heteroatoms. The van der Waals surface area contributed by atoms with E-state index in [-0.39, 0.29) is 17.4 Å². The van der Waals surface area contributed by atoms with Gasteiger partial charge in [-0.15, -0.1) is 0 Å². The first-order valence-electron chi connectivity index (χ1n) is 4.71. The Hall–Kier alpha value is -2.18. The number of halogens is 3. The van der Waals surface area contributed by atoms with E-state index in [0.717, 1.165) is 12.1 Å². The molecule has 3 N–H and O–H groups in total. The van der Waals surface area contributed by atoms with Gasteiger partial charge in [-0.2, -0.15) is 13.2 Å². The number of phenols is 1. The fraction of sp³-hybridized carbons (Fsp3) is 0.182. The summed E-state index contributed by atoms with van der Waals surface area (Å²) in [7, 11) is 1.32. The molecule has 0 spiro atoms. The Morgan fingerprint density at radius 1 is 1.44 bits per heavy atom. The predicted molar refractivity (Wildman–Crippen MR) is 57.3 cm³/mol. The number of alkyl halides is 3. The van der Waals surface area contributed by atoms with Crippen LogP contribution in [0, 0.1) is 0 Å². The second-order valence-corrected chi connectivity index (χ2v) is 3.34. The van der Waals surface area contributed by atoms with Crippen molar-refractivity contribution in [2.24, 2.45) is 5.73 Å². The number of carbonyl (C=O) groups is 1. The van der Waals surface area contributed by atoms with E-state index in [4.69, 9.17) is 10.5 Å². The van der Waals surface area contributed by atoms with Crippen LogP contribution in [0.3, 0.4) is 0 Å². The van der Waals surface area contributed by atoms with Crippen molar-refractivity contribution >= 4 is 5.78 Å². The van der Waals surface area contributed by atoms with Crippen molar-refractivity contribution in [3.8, 4) is 11.5 Å². The van der Waals surface area contributed by atoms with Crippen molar-refractivity contribution in [1.29, 1.82) is 0 Å². The van der Waals surface area contributed by atoms with Gasteiger partial charge in [-0.1, -0.05) is 0 Å². The van der Waals surface area contributed by atoms with E-state index in [1.54, 1.807) is 0 Å². The molecule has 1 rings (SSSR count). The first-order valence-corrected chi connectivity index (χ1v) is 4.71. The molecule has 0 amide bonds. The molecular formula is C11H10F3NO3. The van der Waals surface area contributed by atoms with Gasteiger partial charge in [-0.3, -0.25) is 4.79 Å². The summed E-state index contributed by atoms with van der Waals surface area (Å²) >= 11 is 0. The van der Waals surface area contributed by atoms with Crippen molar-refractivity contribution in [3.05, 3.63) is 35.5 Å². The van der Waals surface area contributed by atoms with E-state index in [9.17, 15) is 23.1 Å². The summed E-state index contributed by atoms with van der Waals surface area (Å²) < 4.78 is 41.2. The Kier molecular flexibility index (Phi) is 3.85. The molecule has 0 bridgehead atoms. The lowest BCUT2D eigenvalue weighted by atomic mass is 10.1. The monoisotopic (exact) mass is 261 g/mol. The molecule has 0 heterocycles. The molecule has 0 fully saturated rings. The molecule has 0 saturated heterocycles. The van der Waals surface area contributed by atoms with Gasteiger partial charge in [-0.05, 0) is 18.2 Å². The van der Waals surface area contributed by atoms with E-state index >= 15 is 0 Å². The molecule has 0 aliphatic rings. The summed E-state index contributed by atoms with van der Waals surface area (Å²) in [5, 5.41) is 9.39. The van der Waals surface area contributed by atoms with Gasteiger partial charge in [0.1, 0.15) is 17.2 Å². The van der Waals surface area contributed by atoms with Gasteiger partial charge in [-0.25, -0.2) is 0 Å². The van der Waals surface area contributed by atoms with E-state index in [1.807, 2.05) is 0 Å². The Bertz CT molecular complexity index is 495. The topological polar surface area (TPSA) is 72.5 Å². The van der Waals surface area contributed by atoms with E-state index < -0.39 is 23.4 Å². The standard InChI is InChI=1S/C11H10F3NO3/c1-18-6-2-3-8(16)7(4-6)9(17)5-10(15)11(12,13)14/h2-5,16H,15H2,1H3/b10-5-. The van der Waals surface area contributed by atoms with Gasteiger partial charge in [0, 0.05) is 6.08 Å². The molecule has 4 nitrogen and oxygen atoms in total. The van der Waals surface area contributed by atoms with Gasteiger partial charge in [0.2, 0.25) is 0 Å². The molecule has 0 aromatic heterocycles. The van der Waals surface area contributed by atoms with Gasteiger partial charge in [0.05, 0.1) is 12.7 Å². The van der Waals surface area contributed by atoms with Crippen LogP contribution in [0.1, 0.15) is 10.4 Å². The highest BCUT2D eigenvalue weighted by Gasteiger charge is 2.32. The number of ether oxygens (including phenoxy) is 1. The van der Waals surface area contributed by atoms with Crippen LogP contribution < -0.4 is 10.5 Å². The maximum atomic E-state index is 12.1. The first-order chi connectivity index (χ1) is 8.25. The summed E-state index contributed by atoms with van der Waals surface area (Å²) in [5.41, 5.74) is 2.86. The summed E-state index contributed by atoms with van der Waals surface area (Å²) in [5.74, 6) is -1.27. The highest BCUT2D eigenvalue weighted by Crippen LogP contribution is 2.26. The van der Waals surface area contributed by atoms with Crippen molar-refractivity contribution in [3.63, 3.8) is 0 Å². The fourth-order valence-electron chi connectivity index (χ4n) is 1.14. The predicted octanol–water partition coefficient (Wildman–Crippen LogP) is 1.99. The molecule has 18 heavy (non-hydrogen) atoms. The molecule has 0 saturated carbocycles. The minimum atomic E-state index is -4.79. The van der Waals surface area contributed by atoms with Gasteiger partial charge in [0.15, 0.2) is 5.78 Å². The maximum Gasteiger partial charge on any atom is 0.430 e. The van der Waals surface area contributed by atoms with Gasteiger partial charge >= 0.3 is 6.18 Å². The Morgan fingerprint density at radius 3 is 2.56 bits per heavy atom. The molecule has 0 aliphatic carbocycles. The minimum Gasteiger partial charge on any atom is -0.507 e. The highest BCUT2D eigenvalue weighted by atomic mass is 19.4. The van der Waals surface area contributed by atoms with Gasteiger partial charge in [0.25, 0.3) is 0 Å².